The van der Waals surface area contributed by atoms with Crippen LogP contribution < -0.4 is 5.56 Å². The normalized spacial score (nSPS) is 11.6. The van der Waals surface area contributed by atoms with Crippen molar-refractivity contribution in [3.63, 3.8) is 0 Å². The number of para-hydroxylation sites is 1. The highest BCUT2D eigenvalue weighted by molar-refractivity contribution is 5.82. The molecule has 0 aliphatic rings. The third kappa shape index (κ3) is 1.88. The number of imidazole rings is 1. The van der Waals surface area contributed by atoms with Gasteiger partial charge in [-0.25, -0.2) is 4.98 Å². The fraction of sp³-hybridized carbons (Fsp3) is 0.200. The van der Waals surface area contributed by atoms with Crippen LogP contribution in [-0.2, 0) is 18.4 Å². The summed E-state index contributed by atoms with van der Waals surface area (Å²) >= 11 is 0. The molecule has 0 fully saturated rings. The first-order valence-corrected chi connectivity index (χ1v) is 7.06. The van der Waals surface area contributed by atoms with Crippen molar-refractivity contribution in [1.29, 1.82) is 0 Å². The fourth-order valence-electron chi connectivity index (χ4n) is 2.79. The summed E-state index contributed by atoms with van der Waals surface area (Å²) in [6.07, 6.45) is 3.30. The molecule has 0 aliphatic heterocycles. The number of hydrogen-bond acceptors (Lipinski definition) is 5. The molecule has 8 heteroatoms. The molecule has 0 bridgehead atoms. The van der Waals surface area contributed by atoms with E-state index in [2.05, 4.69) is 15.3 Å². The van der Waals surface area contributed by atoms with Gasteiger partial charge in [-0.05, 0) is 12.1 Å². The number of rotatable bonds is 3. The van der Waals surface area contributed by atoms with E-state index in [4.69, 9.17) is 4.74 Å². The van der Waals surface area contributed by atoms with Gasteiger partial charge in [0.15, 0.2) is 11.5 Å². The molecule has 0 unspecified atom stereocenters. The number of methoxy groups -OCH3 is 1. The third-order valence-electron chi connectivity index (χ3n) is 3.85. The molecule has 116 valence electrons. The zero-order valence-corrected chi connectivity index (χ0v) is 12.7. The van der Waals surface area contributed by atoms with Crippen LogP contribution in [0.15, 0.2) is 41.6 Å². The molecule has 0 saturated heterocycles. The van der Waals surface area contributed by atoms with E-state index in [-0.39, 0.29) is 5.56 Å². The lowest BCUT2D eigenvalue weighted by Crippen LogP contribution is -2.20. The number of aryl methyl sites for hydroxylation is 1. The molecular weight excluding hydrogens is 296 g/mol. The van der Waals surface area contributed by atoms with Crippen LogP contribution >= 0.6 is 0 Å². The van der Waals surface area contributed by atoms with Crippen molar-refractivity contribution < 1.29 is 4.74 Å². The molecular formula is C15H14N6O2. The minimum atomic E-state index is -0.0803. The van der Waals surface area contributed by atoms with Gasteiger partial charge in [0.1, 0.15) is 6.33 Å². The number of hydrogen-bond donors (Lipinski definition) is 0. The van der Waals surface area contributed by atoms with Crippen molar-refractivity contribution >= 4 is 16.6 Å². The summed E-state index contributed by atoms with van der Waals surface area (Å²) in [5.41, 5.74) is 2.13. The maximum atomic E-state index is 12.6. The molecule has 0 aliphatic carbocycles. The molecule has 3 heterocycles. The van der Waals surface area contributed by atoms with Crippen LogP contribution in [0.5, 0.6) is 0 Å². The summed E-state index contributed by atoms with van der Waals surface area (Å²) in [6, 6.07) is 7.45. The molecule has 0 atom stereocenters. The second-order valence-corrected chi connectivity index (χ2v) is 5.21. The monoisotopic (exact) mass is 310 g/mol. The van der Waals surface area contributed by atoms with E-state index >= 15 is 0 Å². The zero-order valence-electron chi connectivity index (χ0n) is 12.7. The van der Waals surface area contributed by atoms with E-state index in [1.807, 2.05) is 28.7 Å². The largest absolute Gasteiger partial charge is 0.378 e. The summed E-state index contributed by atoms with van der Waals surface area (Å²) in [5.74, 6) is 0.542. The van der Waals surface area contributed by atoms with Crippen LogP contribution in [-0.4, -0.2) is 36.1 Å². The lowest BCUT2D eigenvalue weighted by molar-refractivity contribution is 0.179. The molecule has 0 spiro atoms. The van der Waals surface area contributed by atoms with Gasteiger partial charge >= 0.3 is 0 Å². The molecule has 0 saturated carbocycles. The number of fused-ring (bicyclic) bond motifs is 3. The van der Waals surface area contributed by atoms with Gasteiger partial charge in [-0.15, -0.1) is 5.10 Å². The molecule has 3 aromatic heterocycles. The quantitative estimate of drug-likeness (QED) is 0.562. The molecule has 4 rings (SSSR count). The van der Waals surface area contributed by atoms with E-state index in [1.54, 1.807) is 35.9 Å². The molecule has 1 aromatic carbocycles. The smallest absolute Gasteiger partial charge is 0.261 e. The van der Waals surface area contributed by atoms with E-state index in [1.165, 1.54) is 0 Å². The Kier molecular flexibility index (Phi) is 2.98. The predicted octanol–water partition coefficient (Wildman–Crippen LogP) is 0.913. The van der Waals surface area contributed by atoms with Gasteiger partial charge in [0.25, 0.3) is 5.56 Å². The summed E-state index contributed by atoms with van der Waals surface area (Å²) in [5, 5.41) is 8.63. The lowest BCUT2D eigenvalue weighted by Gasteiger charge is -2.09. The Hall–Kier alpha value is -3.00. The fourth-order valence-corrected chi connectivity index (χ4v) is 2.79. The van der Waals surface area contributed by atoms with Crippen molar-refractivity contribution in [2.24, 2.45) is 7.05 Å². The van der Waals surface area contributed by atoms with Gasteiger partial charge in [0, 0.05) is 14.2 Å². The summed E-state index contributed by atoms with van der Waals surface area (Å²) in [7, 11) is 3.33. The second-order valence-electron chi connectivity index (χ2n) is 5.21. The van der Waals surface area contributed by atoms with E-state index in [0.717, 1.165) is 11.2 Å². The van der Waals surface area contributed by atoms with Crippen LogP contribution in [0.3, 0.4) is 0 Å². The molecule has 23 heavy (non-hydrogen) atoms. The number of benzene rings is 1. The summed E-state index contributed by atoms with van der Waals surface area (Å²) in [6.45, 7) is 0.355. The summed E-state index contributed by atoms with van der Waals surface area (Å²) in [4.78, 5) is 17.1. The Morgan fingerprint density at radius 3 is 2.91 bits per heavy atom. The Morgan fingerprint density at radius 1 is 1.26 bits per heavy atom. The van der Waals surface area contributed by atoms with Crippen LogP contribution in [0.25, 0.3) is 22.4 Å². The Bertz CT molecular complexity index is 1070. The van der Waals surface area contributed by atoms with Gasteiger partial charge in [-0.1, -0.05) is 17.3 Å². The van der Waals surface area contributed by atoms with Crippen molar-refractivity contribution in [1.82, 2.24) is 28.9 Å². The lowest BCUT2D eigenvalue weighted by atomic mass is 10.2. The highest BCUT2D eigenvalue weighted by Crippen LogP contribution is 2.19. The van der Waals surface area contributed by atoms with Crippen LogP contribution in [0.1, 0.15) is 5.69 Å². The number of aromatic nitrogens is 6. The topological polar surface area (TPSA) is 79.2 Å². The molecule has 0 N–H and O–H groups in total. The highest BCUT2D eigenvalue weighted by Gasteiger charge is 2.17. The van der Waals surface area contributed by atoms with E-state index < -0.39 is 0 Å². The van der Waals surface area contributed by atoms with Gasteiger partial charge in [0.05, 0.1) is 29.4 Å². The first kappa shape index (κ1) is 13.6. The average molecular weight is 310 g/mol. The minimum Gasteiger partial charge on any atom is -0.378 e. The highest BCUT2D eigenvalue weighted by atomic mass is 16.5. The Labute approximate surface area is 130 Å². The van der Waals surface area contributed by atoms with Crippen molar-refractivity contribution in [3.8, 4) is 5.82 Å². The first-order valence-electron chi connectivity index (χ1n) is 7.06. The van der Waals surface area contributed by atoms with E-state index in [0.29, 0.717) is 23.5 Å². The molecule has 4 aromatic rings. The van der Waals surface area contributed by atoms with Gasteiger partial charge < -0.3 is 4.74 Å². The molecule has 0 radical (unpaired) electrons. The summed E-state index contributed by atoms with van der Waals surface area (Å²) < 4.78 is 10.2. The Balaban J connectivity index is 2.11. The van der Waals surface area contributed by atoms with Gasteiger partial charge in [0.2, 0.25) is 0 Å². The average Bonchev–Trinajstić information content (AvgIpc) is 3.19. The van der Waals surface area contributed by atoms with Gasteiger partial charge in [-0.3, -0.25) is 13.8 Å². The Morgan fingerprint density at radius 2 is 2.09 bits per heavy atom. The third-order valence-corrected chi connectivity index (χ3v) is 3.85. The SMILES string of the molecule is COCc1cnnn1-c1ncn2c3ccccc3c(=O)n(C)c12. The van der Waals surface area contributed by atoms with Gasteiger partial charge in [-0.2, -0.15) is 4.68 Å². The maximum Gasteiger partial charge on any atom is 0.261 e. The standard InChI is InChI=1S/C15H14N6O2/c1-19-14-13(21-10(8-23-2)7-17-18-21)16-9-20(14)12-6-4-3-5-11(12)15(19)22/h3-7,9H,8H2,1-2H3. The number of ether oxygens (including phenoxy) is 1. The molecule has 8 nitrogen and oxygen atoms in total. The number of nitrogens with zero attached hydrogens (tertiary/aromatic N) is 6. The molecule has 0 amide bonds. The second kappa shape index (κ2) is 5.03. The first-order chi connectivity index (χ1) is 11.2. The van der Waals surface area contributed by atoms with E-state index in [9.17, 15) is 4.79 Å². The van der Waals surface area contributed by atoms with Crippen LogP contribution in [0, 0.1) is 0 Å². The maximum absolute atomic E-state index is 12.6. The van der Waals surface area contributed by atoms with Crippen molar-refractivity contribution in [3.05, 3.63) is 52.8 Å². The minimum absolute atomic E-state index is 0.0803. The van der Waals surface area contributed by atoms with Crippen LogP contribution in [0.2, 0.25) is 0 Å². The predicted molar refractivity (Wildman–Crippen MR) is 83.6 cm³/mol. The van der Waals surface area contributed by atoms with Crippen molar-refractivity contribution in [2.75, 3.05) is 7.11 Å². The van der Waals surface area contributed by atoms with Crippen molar-refractivity contribution in [2.45, 2.75) is 6.61 Å². The zero-order chi connectivity index (χ0) is 16.0. The van der Waals surface area contributed by atoms with Crippen LogP contribution in [0.4, 0.5) is 0 Å².